The number of aryl methyl sites for hydroxylation is 1. The summed E-state index contributed by atoms with van der Waals surface area (Å²) in [6.07, 6.45) is 11.3. The molecule has 1 aromatic heterocycles. The van der Waals surface area contributed by atoms with E-state index in [-0.39, 0.29) is 0 Å². The number of nitrogens with one attached hydrogen (secondary N) is 2. The lowest BCUT2D eigenvalue weighted by Gasteiger charge is -2.19. The van der Waals surface area contributed by atoms with Gasteiger partial charge in [0.25, 0.3) is 6.01 Å². The SMILES string of the molecule is CCCCCCCCCCc1ccc2oc(NCCNC(=O)OC(C)(C)C)nc2c1. The lowest BCUT2D eigenvalue weighted by molar-refractivity contribution is 0.0530. The van der Waals surface area contributed by atoms with Gasteiger partial charge < -0.3 is 19.8 Å². The summed E-state index contributed by atoms with van der Waals surface area (Å²) >= 11 is 0. The number of alkyl carbamates (subject to hydrolysis) is 1. The molecule has 6 heteroatoms. The fourth-order valence-corrected chi connectivity index (χ4v) is 3.32. The second-order valence-electron chi connectivity index (χ2n) is 8.90. The van der Waals surface area contributed by atoms with E-state index in [4.69, 9.17) is 9.15 Å². The number of unbranched alkanes of at least 4 members (excludes halogenated alkanes) is 7. The molecule has 168 valence electrons. The van der Waals surface area contributed by atoms with Crippen molar-refractivity contribution in [1.29, 1.82) is 0 Å². The molecule has 0 fully saturated rings. The molecule has 0 aliphatic rings. The zero-order valence-corrected chi connectivity index (χ0v) is 19.2. The standard InChI is InChI=1S/C24H39N3O3/c1-5-6-7-8-9-10-11-12-13-19-14-15-21-20(18-19)27-22(29-21)25-16-17-26-23(28)30-24(2,3)4/h14-15,18H,5-13,16-17H2,1-4H3,(H,25,27)(H,26,28). The number of aromatic nitrogens is 1. The Balaban J connectivity index is 1.68. The molecule has 1 amide bonds. The lowest BCUT2D eigenvalue weighted by atomic mass is 10.0. The number of nitrogens with zero attached hydrogens (tertiary/aromatic N) is 1. The normalized spacial score (nSPS) is 11.6. The molecule has 1 heterocycles. The van der Waals surface area contributed by atoms with E-state index in [1.165, 1.54) is 56.9 Å². The van der Waals surface area contributed by atoms with Gasteiger partial charge in [-0.1, -0.05) is 57.9 Å². The minimum atomic E-state index is -0.496. The zero-order chi connectivity index (χ0) is 21.8. The topological polar surface area (TPSA) is 76.4 Å². The van der Waals surface area contributed by atoms with Crippen molar-refractivity contribution in [3.05, 3.63) is 23.8 Å². The molecule has 0 saturated heterocycles. The smallest absolute Gasteiger partial charge is 0.407 e. The predicted octanol–water partition coefficient (Wildman–Crippen LogP) is 6.45. The van der Waals surface area contributed by atoms with Gasteiger partial charge in [0, 0.05) is 13.1 Å². The van der Waals surface area contributed by atoms with Gasteiger partial charge in [0.2, 0.25) is 0 Å². The Hall–Kier alpha value is -2.24. The van der Waals surface area contributed by atoms with Crippen LogP contribution in [0, 0.1) is 0 Å². The molecule has 0 atom stereocenters. The van der Waals surface area contributed by atoms with Gasteiger partial charge in [-0.3, -0.25) is 0 Å². The van der Waals surface area contributed by atoms with Crippen LogP contribution >= 0.6 is 0 Å². The van der Waals surface area contributed by atoms with Crippen LogP contribution in [0.4, 0.5) is 10.8 Å². The van der Waals surface area contributed by atoms with Gasteiger partial charge in [0.15, 0.2) is 5.58 Å². The summed E-state index contributed by atoms with van der Waals surface area (Å²) in [5.74, 6) is 0. The second-order valence-corrected chi connectivity index (χ2v) is 8.90. The average Bonchev–Trinajstić information content (AvgIpc) is 3.08. The van der Waals surface area contributed by atoms with Gasteiger partial charge in [0.05, 0.1) is 0 Å². The molecule has 0 unspecified atom stereocenters. The summed E-state index contributed by atoms with van der Waals surface area (Å²) in [6.45, 7) is 8.72. The lowest BCUT2D eigenvalue weighted by Crippen LogP contribution is -2.35. The molecule has 6 nitrogen and oxygen atoms in total. The van der Waals surface area contributed by atoms with E-state index in [1.807, 2.05) is 26.8 Å². The van der Waals surface area contributed by atoms with E-state index in [2.05, 4.69) is 34.7 Å². The molecule has 0 spiro atoms. The first-order valence-corrected chi connectivity index (χ1v) is 11.5. The third-order valence-electron chi connectivity index (χ3n) is 4.84. The molecule has 0 aliphatic carbocycles. The van der Waals surface area contributed by atoms with E-state index in [0.29, 0.717) is 19.1 Å². The summed E-state index contributed by atoms with van der Waals surface area (Å²) in [7, 11) is 0. The van der Waals surface area contributed by atoms with Crippen LogP contribution in [0.2, 0.25) is 0 Å². The molecule has 2 aromatic rings. The first-order chi connectivity index (χ1) is 14.4. The highest BCUT2D eigenvalue weighted by Gasteiger charge is 2.15. The second kappa shape index (κ2) is 12.5. The average molecular weight is 418 g/mol. The van der Waals surface area contributed by atoms with E-state index >= 15 is 0 Å². The molecule has 1 aromatic carbocycles. The monoisotopic (exact) mass is 417 g/mol. The molecule has 30 heavy (non-hydrogen) atoms. The predicted molar refractivity (Wildman–Crippen MR) is 123 cm³/mol. The van der Waals surface area contributed by atoms with Gasteiger partial charge in [-0.2, -0.15) is 4.98 Å². The van der Waals surface area contributed by atoms with Gasteiger partial charge >= 0.3 is 6.09 Å². The largest absolute Gasteiger partial charge is 0.444 e. The molecular formula is C24H39N3O3. The minimum absolute atomic E-state index is 0.424. The summed E-state index contributed by atoms with van der Waals surface area (Å²) < 4.78 is 10.9. The fraction of sp³-hybridized carbons (Fsp3) is 0.667. The quantitative estimate of drug-likeness (QED) is 0.366. The number of hydrogen-bond donors (Lipinski definition) is 2. The molecule has 0 radical (unpaired) electrons. The maximum absolute atomic E-state index is 11.6. The molecule has 0 saturated carbocycles. The number of amides is 1. The van der Waals surface area contributed by atoms with Crippen LogP contribution in [0.25, 0.3) is 11.1 Å². The summed E-state index contributed by atoms with van der Waals surface area (Å²) in [5, 5.41) is 5.81. The number of benzene rings is 1. The van der Waals surface area contributed by atoms with Crippen LogP contribution in [-0.2, 0) is 11.2 Å². The number of ether oxygens (including phenoxy) is 1. The van der Waals surface area contributed by atoms with E-state index in [1.54, 1.807) is 0 Å². The molecular weight excluding hydrogens is 378 g/mol. The van der Waals surface area contributed by atoms with Crippen LogP contribution < -0.4 is 10.6 Å². The maximum atomic E-state index is 11.6. The first-order valence-electron chi connectivity index (χ1n) is 11.5. The number of carbonyl (C=O) groups excluding carboxylic acids is 1. The molecule has 2 rings (SSSR count). The number of hydrogen-bond acceptors (Lipinski definition) is 5. The van der Waals surface area contributed by atoms with Crippen LogP contribution in [0.3, 0.4) is 0 Å². The highest BCUT2D eigenvalue weighted by molar-refractivity contribution is 5.75. The maximum Gasteiger partial charge on any atom is 0.407 e. The van der Waals surface area contributed by atoms with Crippen molar-refractivity contribution >= 4 is 23.2 Å². The first kappa shape index (κ1) is 24.0. The van der Waals surface area contributed by atoms with Gasteiger partial charge in [0.1, 0.15) is 11.1 Å². The molecule has 2 N–H and O–H groups in total. The number of fused-ring (bicyclic) bond motifs is 1. The molecule has 0 aliphatic heterocycles. The third-order valence-corrected chi connectivity index (χ3v) is 4.84. The number of rotatable bonds is 13. The van der Waals surface area contributed by atoms with Gasteiger partial charge in [-0.25, -0.2) is 4.79 Å². The Morgan fingerprint density at radius 2 is 1.73 bits per heavy atom. The summed E-state index contributed by atoms with van der Waals surface area (Å²) in [4.78, 5) is 16.1. The molecule has 0 bridgehead atoms. The van der Waals surface area contributed by atoms with E-state index < -0.39 is 11.7 Å². The van der Waals surface area contributed by atoms with Crippen molar-refractivity contribution in [1.82, 2.24) is 10.3 Å². The Morgan fingerprint density at radius 3 is 2.43 bits per heavy atom. The van der Waals surface area contributed by atoms with Crippen molar-refractivity contribution in [3.8, 4) is 0 Å². The van der Waals surface area contributed by atoms with Crippen LogP contribution in [0.5, 0.6) is 0 Å². The number of anilines is 1. The van der Waals surface area contributed by atoms with Crippen molar-refractivity contribution in [2.24, 2.45) is 0 Å². The number of oxazole rings is 1. The van der Waals surface area contributed by atoms with E-state index in [0.717, 1.165) is 17.5 Å². The van der Waals surface area contributed by atoms with Crippen molar-refractivity contribution in [2.75, 3.05) is 18.4 Å². The summed E-state index contributed by atoms with van der Waals surface area (Å²) in [6, 6.07) is 6.71. The van der Waals surface area contributed by atoms with Crippen molar-refractivity contribution in [2.45, 2.75) is 91.1 Å². The van der Waals surface area contributed by atoms with E-state index in [9.17, 15) is 4.79 Å². The van der Waals surface area contributed by atoms with Crippen LogP contribution in [0.1, 0.15) is 84.6 Å². The minimum Gasteiger partial charge on any atom is -0.444 e. The number of carbonyl (C=O) groups is 1. The van der Waals surface area contributed by atoms with Crippen molar-refractivity contribution in [3.63, 3.8) is 0 Å². The Kier molecular flexibility index (Phi) is 9.98. The van der Waals surface area contributed by atoms with Crippen LogP contribution in [-0.4, -0.2) is 29.8 Å². The Morgan fingerprint density at radius 1 is 1.03 bits per heavy atom. The fourth-order valence-electron chi connectivity index (χ4n) is 3.32. The third kappa shape index (κ3) is 9.51. The zero-order valence-electron chi connectivity index (χ0n) is 19.2. The highest BCUT2D eigenvalue weighted by atomic mass is 16.6. The Labute approximate surface area is 181 Å². The van der Waals surface area contributed by atoms with Crippen molar-refractivity contribution < 1.29 is 13.9 Å². The highest BCUT2D eigenvalue weighted by Crippen LogP contribution is 2.21. The van der Waals surface area contributed by atoms with Gasteiger partial charge in [-0.15, -0.1) is 0 Å². The van der Waals surface area contributed by atoms with Gasteiger partial charge in [-0.05, 0) is 51.3 Å². The van der Waals surface area contributed by atoms with Crippen LogP contribution in [0.15, 0.2) is 22.6 Å². The summed E-state index contributed by atoms with van der Waals surface area (Å²) in [5.41, 5.74) is 2.45. The Bertz CT molecular complexity index is 765.